The van der Waals surface area contributed by atoms with Crippen LogP contribution in [0.3, 0.4) is 0 Å². The van der Waals surface area contributed by atoms with Gasteiger partial charge in [0, 0.05) is 12.5 Å². The maximum Gasteiger partial charge on any atom is 0.226 e. The van der Waals surface area contributed by atoms with Gasteiger partial charge < -0.3 is 10.0 Å². The second kappa shape index (κ2) is 5.33. The molecule has 0 bridgehead atoms. The van der Waals surface area contributed by atoms with E-state index < -0.39 is 0 Å². The van der Waals surface area contributed by atoms with Gasteiger partial charge in [0.25, 0.3) is 0 Å². The predicted molar refractivity (Wildman–Crippen MR) is 73.8 cm³/mol. The summed E-state index contributed by atoms with van der Waals surface area (Å²) in [5.41, 5.74) is 2.72. The number of benzene rings is 1. The molecule has 0 spiro atoms. The molecule has 3 heteroatoms. The lowest BCUT2D eigenvalue weighted by Gasteiger charge is -2.30. The fourth-order valence-electron chi connectivity index (χ4n) is 3.46. The van der Waals surface area contributed by atoms with Crippen LogP contribution in [0.1, 0.15) is 30.4 Å². The molecule has 1 aliphatic carbocycles. The van der Waals surface area contributed by atoms with Crippen LogP contribution in [0.15, 0.2) is 24.3 Å². The number of carbonyl (C=O) groups excluding carboxylic acids is 1. The number of rotatable bonds is 2. The van der Waals surface area contributed by atoms with E-state index in [4.69, 9.17) is 0 Å². The number of aryl methyl sites for hydroxylation is 1. The van der Waals surface area contributed by atoms with Crippen molar-refractivity contribution in [1.29, 1.82) is 0 Å². The van der Waals surface area contributed by atoms with Crippen molar-refractivity contribution in [1.82, 2.24) is 4.90 Å². The first-order valence-corrected chi connectivity index (χ1v) is 7.27. The minimum absolute atomic E-state index is 0.0599. The number of carbonyl (C=O) groups is 1. The zero-order chi connectivity index (χ0) is 13.2. The highest BCUT2D eigenvalue weighted by atomic mass is 16.3. The van der Waals surface area contributed by atoms with E-state index >= 15 is 0 Å². The summed E-state index contributed by atoms with van der Waals surface area (Å²) < 4.78 is 0. The van der Waals surface area contributed by atoms with Crippen molar-refractivity contribution in [3.05, 3.63) is 35.4 Å². The van der Waals surface area contributed by atoms with Crippen molar-refractivity contribution in [2.24, 2.45) is 5.92 Å². The van der Waals surface area contributed by atoms with Crippen molar-refractivity contribution in [2.75, 3.05) is 13.2 Å². The van der Waals surface area contributed by atoms with E-state index in [9.17, 15) is 9.90 Å². The molecule has 19 heavy (non-hydrogen) atoms. The van der Waals surface area contributed by atoms with Gasteiger partial charge in [-0.25, -0.2) is 0 Å². The van der Waals surface area contributed by atoms with Crippen molar-refractivity contribution < 1.29 is 9.90 Å². The van der Waals surface area contributed by atoms with Crippen LogP contribution in [-0.4, -0.2) is 35.1 Å². The molecule has 2 atom stereocenters. The molecule has 1 fully saturated rings. The van der Waals surface area contributed by atoms with Crippen LogP contribution in [0.2, 0.25) is 0 Å². The summed E-state index contributed by atoms with van der Waals surface area (Å²) >= 11 is 0. The van der Waals surface area contributed by atoms with E-state index in [0.717, 1.165) is 38.6 Å². The van der Waals surface area contributed by atoms with Gasteiger partial charge in [0.15, 0.2) is 0 Å². The number of likely N-dealkylation sites (tertiary alicyclic amines) is 1. The maximum absolute atomic E-state index is 12.6. The highest BCUT2D eigenvalue weighted by Gasteiger charge is 2.34. The molecule has 0 radical (unpaired) electrons. The Kier molecular flexibility index (Phi) is 3.56. The Morgan fingerprint density at radius 1 is 1.26 bits per heavy atom. The smallest absolute Gasteiger partial charge is 0.226 e. The first-order valence-electron chi connectivity index (χ1n) is 7.27. The zero-order valence-electron chi connectivity index (χ0n) is 11.2. The summed E-state index contributed by atoms with van der Waals surface area (Å²) in [6.45, 7) is 0.928. The van der Waals surface area contributed by atoms with E-state index in [1.165, 1.54) is 11.1 Å². The Morgan fingerprint density at radius 2 is 2.05 bits per heavy atom. The minimum Gasteiger partial charge on any atom is -0.394 e. The molecule has 102 valence electrons. The lowest BCUT2D eigenvalue weighted by Crippen LogP contribution is -2.42. The monoisotopic (exact) mass is 259 g/mol. The number of hydrogen-bond donors (Lipinski definition) is 1. The number of fused-ring (bicyclic) bond motifs is 1. The molecule has 2 aliphatic rings. The number of hydrogen-bond acceptors (Lipinski definition) is 2. The van der Waals surface area contributed by atoms with E-state index in [1.54, 1.807) is 0 Å². The molecule has 1 N–H and O–H groups in total. The summed E-state index contributed by atoms with van der Waals surface area (Å²) in [5, 5.41) is 9.35. The van der Waals surface area contributed by atoms with Crippen molar-refractivity contribution in [3.63, 3.8) is 0 Å². The fraction of sp³-hybridized carbons (Fsp3) is 0.562. The average molecular weight is 259 g/mol. The van der Waals surface area contributed by atoms with E-state index in [-0.39, 0.29) is 24.5 Å². The summed E-state index contributed by atoms with van der Waals surface area (Å²) in [5.74, 6) is 0.369. The third-order valence-corrected chi connectivity index (χ3v) is 4.57. The highest BCUT2D eigenvalue weighted by Crippen LogP contribution is 2.29. The largest absolute Gasteiger partial charge is 0.394 e. The first kappa shape index (κ1) is 12.7. The second-order valence-corrected chi connectivity index (χ2v) is 5.72. The van der Waals surface area contributed by atoms with Crippen molar-refractivity contribution >= 4 is 5.91 Å². The van der Waals surface area contributed by atoms with Gasteiger partial charge in [-0.3, -0.25) is 4.79 Å². The molecule has 0 aromatic heterocycles. The van der Waals surface area contributed by atoms with Gasteiger partial charge in [-0.05, 0) is 43.2 Å². The normalized spacial score (nSPS) is 26.3. The van der Waals surface area contributed by atoms with Gasteiger partial charge in [0.05, 0.1) is 12.6 Å². The third kappa shape index (κ3) is 2.39. The van der Waals surface area contributed by atoms with Crippen LogP contribution in [-0.2, 0) is 17.6 Å². The summed E-state index contributed by atoms with van der Waals surface area (Å²) in [6.07, 6.45) is 4.80. The van der Waals surface area contributed by atoms with Crippen LogP contribution in [0.25, 0.3) is 0 Å². The van der Waals surface area contributed by atoms with Crippen LogP contribution in [0.4, 0.5) is 0 Å². The molecule has 3 rings (SSSR count). The topological polar surface area (TPSA) is 40.5 Å². The molecule has 1 aromatic rings. The minimum atomic E-state index is 0.0599. The molecule has 1 aromatic carbocycles. The number of aliphatic hydroxyl groups is 1. The molecule has 0 saturated carbocycles. The number of aliphatic hydroxyl groups excluding tert-OH is 1. The Bertz CT molecular complexity index is 472. The standard InChI is InChI=1S/C16H21NO2/c18-11-15-6-3-9-17(15)16(19)14-8-7-12-4-1-2-5-13(12)10-14/h1-2,4-5,14-15,18H,3,6-11H2/t14?,15-/m1/s1. The molecule has 1 amide bonds. The fourth-order valence-corrected chi connectivity index (χ4v) is 3.46. The number of amides is 1. The molecule has 1 aliphatic heterocycles. The van der Waals surface area contributed by atoms with Crippen LogP contribution in [0, 0.1) is 5.92 Å². The summed E-state index contributed by atoms with van der Waals surface area (Å²) in [7, 11) is 0. The van der Waals surface area contributed by atoms with Crippen LogP contribution in [0.5, 0.6) is 0 Å². The van der Waals surface area contributed by atoms with E-state index in [0.29, 0.717) is 0 Å². The summed E-state index contributed by atoms with van der Waals surface area (Å²) in [4.78, 5) is 14.5. The van der Waals surface area contributed by atoms with E-state index in [2.05, 4.69) is 24.3 Å². The molecule has 1 unspecified atom stereocenters. The Morgan fingerprint density at radius 3 is 2.84 bits per heavy atom. The lowest BCUT2D eigenvalue weighted by atomic mass is 9.83. The second-order valence-electron chi connectivity index (χ2n) is 5.72. The van der Waals surface area contributed by atoms with Gasteiger partial charge in [0.1, 0.15) is 0 Å². The lowest BCUT2D eigenvalue weighted by molar-refractivity contribution is -0.137. The highest BCUT2D eigenvalue weighted by molar-refractivity contribution is 5.80. The SMILES string of the molecule is O=C(C1CCc2ccccc2C1)N1CCC[C@@H]1CO. The Labute approximate surface area is 114 Å². The predicted octanol–water partition coefficient (Wildman–Crippen LogP) is 1.77. The molecular formula is C16H21NO2. The van der Waals surface area contributed by atoms with Gasteiger partial charge in [-0.1, -0.05) is 24.3 Å². The van der Waals surface area contributed by atoms with Gasteiger partial charge in [-0.15, -0.1) is 0 Å². The molecule has 1 heterocycles. The quantitative estimate of drug-likeness (QED) is 0.879. The van der Waals surface area contributed by atoms with Crippen LogP contribution >= 0.6 is 0 Å². The Balaban J connectivity index is 1.72. The van der Waals surface area contributed by atoms with Gasteiger partial charge >= 0.3 is 0 Å². The van der Waals surface area contributed by atoms with Crippen LogP contribution < -0.4 is 0 Å². The maximum atomic E-state index is 12.6. The van der Waals surface area contributed by atoms with Crippen molar-refractivity contribution in [3.8, 4) is 0 Å². The zero-order valence-corrected chi connectivity index (χ0v) is 11.2. The van der Waals surface area contributed by atoms with Gasteiger partial charge in [0.2, 0.25) is 5.91 Å². The Hall–Kier alpha value is -1.35. The third-order valence-electron chi connectivity index (χ3n) is 4.57. The molecule has 3 nitrogen and oxygen atoms in total. The molecular weight excluding hydrogens is 238 g/mol. The first-order chi connectivity index (χ1) is 9.29. The molecule has 1 saturated heterocycles. The van der Waals surface area contributed by atoms with E-state index in [1.807, 2.05) is 4.90 Å². The summed E-state index contributed by atoms with van der Waals surface area (Å²) in [6, 6.07) is 8.50. The number of nitrogens with zero attached hydrogens (tertiary/aromatic N) is 1. The average Bonchev–Trinajstić information content (AvgIpc) is 2.94. The van der Waals surface area contributed by atoms with Gasteiger partial charge in [-0.2, -0.15) is 0 Å². The van der Waals surface area contributed by atoms with Crippen molar-refractivity contribution in [2.45, 2.75) is 38.1 Å².